The lowest BCUT2D eigenvalue weighted by atomic mass is 10.1. The number of nitrogens with one attached hydrogen (secondary N) is 1. The molecule has 3 rings (SSSR count). The van der Waals surface area contributed by atoms with Crippen molar-refractivity contribution < 1.29 is 18.7 Å². The van der Waals surface area contributed by atoms with Gasteiger partial charge < -0.3 is 19.4 Å². The van der Waals surface area contributed by atoms with Crippen LogP contribution in [0, 0.1) is 0 Å². The summed E-state index contributed by atoms with van der Waals surface area (Å²) in [7, 11) is 0. The summed E-state index contributed by atoms with van der Waals surface area (Å²) in [6.45, 7) is 2.86. The minimum Gasteiger partial charge on any atom is -0.467 e. The first-order valence-electron chi connectivity index (χ1n) is 8.37. The molecule has 0 saturated heterocycles. The Morgan fingerprint density at radius 3 is 3.00 bits per heavy atom. The highest BCUT2D eigenvalue weighted by Gasteiger charge is 2.24. The second kappa shape index (κ2) is 7.85. The Morgan fingerprint density at radius 1 is 1.42 bits per heavy atom. The Kier molecular flexibility index (Phi) is 5.35. The number of furan rings is 1. The van der Waals surface area contributed by atoms with E-state index in [2.05, 4.69) is 10.4 Å². The Hall–Kier alpha value is -3.10. The van der Waals surface area contributed by atoms with Gasteiger partial charge in [0, 0.05) is 24.6 Å². The zero-order valence-corrected chi connectivity index (χ0v) is 14.4. The maximum Gasteiger partial charge on any atom is 0.410 e. The smallest absolute Gasteiger partial charge is 0.410 e. The number of ether oxygens (including phenoxy) is 1. The van der Waals surface area contributed by atoms with Crippen LogP contribution >= 0.6 is 0 Å². The molecular formula is C17H20N4O5. The van der Waals surface area contributed by atoms with Gasteiger partial charge in [-0.25, -0.2) is 9.48 Å². The molecule has 138 valence electrons. The number of hydrogen-bond donors (Lipinski definition) is 1. The fraction of sp³-hybridized carbons (Fsp3) is 0.412. The van der Waals surface area contributed by atoms with Gasteiger partial charge >= 0.3 is 6.09 Å². The van der Waals surface area contributed by atoms with Gasteiger partial charge in [0.25, 0.3) is 5.56 Å². The number of carbonyl (C=O) groups excluding carboxylic acids is 2. The molecule has 0 spiro atoms. The molecule has 2 aromatic heterocycles. The third-order valence-electron chi connectivity index (χ3n) is 4.00. The van der Waals surface area contributed by atoms with Crippen LogP contribution in [0.25, 0.3) is 0 Å². The van der Waals surface area contributed by atoms with Crippen molar-refractivity contribution in [3.8, 4) is 0 Å². The molecule has 0 fully saturated rings. The summed E-state index contributed by atoms with van der Waals surface area (Å²) in [6, 6.07) is 4.91. The number of carbonyl (C=O) groups is 2. The highest BCUT2D eigenvalue weighted by atomic mass is 16.6. The van der Waals surface area contributed by atoms with Crippen molar-refractivity contribution in [3.63, 3.8) is 0 Å². The fourth-order valence-electron chi connectivity index (χ4n) is 2.71. The average molecular weight is 360 g/mol. The van der Waals surface area contributed by atoms with Crippen LogP contribution in [0.1, 0.15) is 23.9 Å². The second-order valence-electron chi connectivity index (χ2n) is 5.84. The van der Waals surface area contributed by atoms with E-state index in [1.165, 1.54) is 17.2 Å². The van der Waals surface area contributed by atoms with Crippen LogP contribution in [0.2, 0.25) is 0 Å². The van der Waals surface area contributed by atoms with Gasteiger partial charge in [-0.15, -0.1) is 0 Å². The van der Waals surface area contributed by atoms with Crippen molar-refractivity contribution >= 4 is 12.0 Å². The number of rotatable bonds is 5. The summed E-state index contributed by atoms with van der Waals surface area (Å²) >= 11 is 0. The number of aromatic nitrogens is 2. The molecule has 2 amide bonds. The van der Waals surface area contributed by atoms with Gasteiger partial charge in [0.05, 0.1) is 31.7 Å². The highest BCUT2D eigenvalue weighted by Crippen LogP contribution is 2.15. The molecular weight excluding hydrogens is 340 g/mol. The predicted molar refractivity (Wildman–Crippen MR) is 90.2 cm³/mol. The third-order valence-corrected chi connectivity index (χ3v) is 4.00. The van der Waals surface area contributed by atoms with Crippen molar-refractivity contribution in [2.45, 2.75) is 33.0 Å². The van der Waals surface area contributed by atoms with Gasteiger partial charge in [0.2, 0.25) is 5.91 Å². The van der Waals surface area contributed by atoms with Gasteiger partial charge in [0.15, 0.2) is 0 Å². The minimum absolute atomic E-state index is 0.172. The normalized spacial score (nSPS) is 13.2. The van der Waals surface area contributed by atoms with E-state index in [0.29, 0.717) is 36.6 Å². The van der Waals surface area contributed by atoms with Crippen molar-refractivity contribution in [3.05, 3.63) is 51.8 Å². The molecule has 26 heavy (non-hydrogen) atoms. The van der Waals surface area contributed by atoms with Crippen molar-refractivity contribution in [2.24, 2.45) is 0 Å². The van der Waals surface area contributed by atoms with Crippen molar-refractivity contribution in [1.82, 2.24) is 20.0 Å². The first-order valence-corrected chi connectivity index (χ1v) is 8.37. The van der Waals surface area contributed by atoms with E-state index in [1.54, 1.807) is 19.1 Å². The largest absolute Gasteiger partial charge is 0.467 e. The number of amides is 2. The Morgan fingerprint density at radius 2 is 2.27 bits per heavy atom. The van der Waals surface area contributed by atoms with E-state index in [9.17, 15) is 14.4 Å². The molecule has 2 aromatic rings. The van der Waals surface area contributed by atoms with Gasteiger partial charge in [-0.1, -0.05) is 0 Å². The number of fused-ring (bicyclic) bond motifs is 1. The minimum atomic E-state index is -0.403. The maximum atomic E-state index is 12.2. The maximum absolute atomic E-state index is 12.2. The number of hydrogen-bond acceptors (Lipinski definition) is 6. The fourth-order valence-corrected chi connectivity index (χ4v) is 2.71. The van der Waals surface area contributed by atoms with Crippen LogP contribution in [0.15, 0.2) is 33.7 Å². The predicted octanol–water partition coefficient (Wildman–Crippen LogP) is 0.667. The Bertz CT molecular complexity index is 843. The summed E-state index contributed by atoms with van der Waals surface area (Å²) in [5.74, 6) is 0.295. The summed E-state index contributed by atoms with van der Waals surface area (Å²) in [6.07, 6.45) is 1.62. The van der Waals surface area contributed by atoms with E-state index in [4.69, 9.17) is 9.15 Å². The topological polar surface area (TPSA) is 107 Å². The standard InChI is InChI=1S/C17H20N4O5/c1-2-25-17(24)20-6-5-14-12(10-20)8-16(23)21(19-14)11-15(22)18-9-13-4-3-7-26-13/h3-4,7-8H,2,5-6,9-11H2,1H3,(H,18,22). The molecule has 0 saturated carbocycles. The van der Waals surface area contributed by atoms with Crippen LogP contribution in [-0.2, 0) is 35.6 Å². The molecule has 0 aromatic carbocycles. The SMILES string of the molecule is CCOC(=O)N1CCc2nn(CC(=O)NCc3ccco3)c(=O)cc2C1. The molecule has 9 nitrogen and oxygen atoms in total. The molecule has 1 N–H and O–H groups in total. The lowest BCUT2D eigenvalue weighted by Crippen LogP contribution is -2.40. The monoisotopic (exact) mass is 360 g/mol. The van der Waals surface area contributed by atoms with Crippen LogP contribution in [0.4, 0.5) is 4.79 Å². The molecule has 0 unspecified atom stereocenters. The first kappa shape index (κ1) is 17.7. The summed E-state index contributed by atoms with van der Waals surface area (Å²) in [4.78, 5) is 37.6. The van der Waals surface area contributed by atoms with E-state index in [1.807, 2.05) is 0 Å². The van der Waals surface area contributed by atoms with Gasteiger partial charge in [-0.2, -0.15) is 5.10 Å². The number of nitrogens with zero attached hydrogens (tertiary/aromatic N) is 3. The molecule has 0 bridgehead atoms. The summed E-state index contributed by atoms with van der Waals surface area (Å²) in [5, 5.41) is 6.95. The zero-order valence-electron chi connectivity index (χ0n) is 14.4. The first-order chi connectivity index (χ1) is 12.6. The molecule has 1 aliphatic rings. The molecule has 0 aliphatic carbocycles. The lowest BCUT2D eigenvalue weighted by Gasteiger charge is -2.27. The van der Waals surface area contributed by atoms with Crippen LogP contribution < -0.4 is 10.9 Å². The third kappa shape index (κ3) is 4.11. The molecule has 3 heterocycles. The zero-order chi connectivity index (χ0) is 18.5. The quantitative estimate of drug-likeness (QED) is 0.840. The van der Waals surface area contributed by atoms with Gasteiger partial charge in [-0.05, 0) is 19.1 Å². The molecule has 9 heteroatoms. The molecule has 0 radical (unpaired) electrons. The second-order valence-corrected chi connectivity index (χ2v) is 5.84. The molecule has 1 aliphatic heterocycles. The van der Waals surface area contributed by atoms with E-state index in [-0.39, 0.29) is 31.1 Å². The van der Waals surface area contributed by atoms with Crippen LogP contribution in [0.5, 0.6) is 0 Å². The van der Waals surface area contributed by atoms with Gasteiger partial charge in [-0.3, -0.25) is 9.59 Å². The summed E-state index contributed by atoms with van der Waals surface area (Å²) in [5.41, 5.74) is 1.01. The van der Waals surface area contributed by atoms with E-state index < -0.39 is 6.09 Å². The molecule has 0 atom stereocenters. The average Bonchev–Trinajstić information content (AvgIpc) is 3.14. The van der Waals surface area contributed by atoms with Crippen LogP contribution in [0.3, 0.4) is 0 Å². The van der Waals surface area contributed by atoms with E-state index >= 15 is 0 Å². The van der Waals surface area contributed by atoms with Crippen molar-refractivity contribution in [2.75, 3.05) is 13.2 Å². The van der Waals surface area contributed by atoms with Crippen molar-refractivity contribution in [1.29, 1.82) is 0 Å². The van der Waals surface area contributed by atoms with Crippen LogP contribution in [-0.4, -0.2) is 39.8 Å². The van der Waals surface area contributed by atoms with Gasteiger partial charge in [0.1, 0.15) is 12.3 Å². The van der Waals surface area contributed by atoms with E-state index in [0.717, 1.165) is 4.68 Å². The Labute approximate surface area is 149 Å². The summed E-state index contributed by atoms with van der Waals surface area (Å²) < 4.78 is 11.3. The Balaban J connectivity index is 1.64. The highest BCUT2D eigenvalue weighted by molar-refractivity contribution is 5.75. The lowest BCUT2D eigenvalue weighted by molar-refractivity contribution is -0.122.